The molecule has 1 N–H and O–H groups in total. The van der Waals surface area contributed by atoms with Gasteiger partial charge in [0.15, 0.2) is 12.0 Å². The largest absolute Gasteiger partial charge is 0.443 e. The van der Waals surface area contributed by atoms with Crippen molar-refractivity contribution >= 4 is 34.7 Å². The third kappa shape index (κ3) is 2.87. The van der Waals surface area contributed by atoms with Gasteiger partial charge < -0.3 is 14.2 Å². The van der Waals surface area contributed by atoms with Crippen LogP contribution in [0.4, 0.5) is 0 Å². The Balaban J connectivity index is 1.39. The number of hydrogen-bond donors (Lipinski definition) is 1. The Kier molecular flexibility index (Phi) is 4.15. The van der Waals surface area contributed by atoms with E-state index < -0.39 is 0 Å². The van der Waals surface area contributed by atoms with E-state index in [0.29, 0.717) is 37.3 Å². The van der Waals surface area contributed by atoms with Crippen molar-refractivity contribution in [2.45, 2.75) is 6.04 Å². The number of benzene rings is 1. The van der Waals surface area contributed by atoms with Crippen molar-refractivity contribution < 1.29 is 14.0 Å². The Morgan fingerprint density at radius 1 is 1.21 bits per heavy atom. The molecule has 7 nitrogen and oxygen atoms in total. The van der Waals surface area contributed by atoms with E-state index in [1.54, 1.807) is 34.9 Å². The number of nitrogens with zero attached hydrogens (tertiary/aromatic N) is 3. The molecule has 2 aliphatic heterocycles. The predicted octanol–water partition coefficient (Wildman–Crippen LogP) is 0.775. The lowest BCUT2D eigenvalue weighted by molar-refractivity contribution is -0.134. The second kappa shape index (κ2) is 6.45. The van der Waals surface area contributed by atoms with E-state index >= 15 is 0 Å². The lowest BCUT2D eigenvalue weighted by Crippen LogP contribution is -2.54. The minimum absolute atomic E-state index is 0.0325. The number of carbonyl (C=O) groups is 2. The van der Waals surface area contributed by atoms with E-state index in [0.717, 1.165) is 17.1 Å². The second-order valence-electron chi connectivity index (χ2n) is 5.92. The second-order valence-corrected chi connectivity index (χ2v) is 6.95. The van der Waals surface area contributed by atoms with Crippen LogP contribution in [-0.2, 0) is 4.79 Å². The highest BCUT2D eigenvalue weighted by atomic mass is 32.2. The van der Waals surface area contributed by atoms with E-state index in [1.807, 2.05) is 4.90 Å². The summed E-state index contributed by atoms with van der Waals surface area (Å²) in [6.07, 6.45) is 1.37. The van der Waals surface area contributed by atoms with Gasteiger partial charge in [0.2, 0.25) is 5.91 Å². The van der Waals surface area contributed by atoms with Crippen LogP contribution in [-0.4, -0.2) is 70.4 Å². The SMILES string of the molecule is O=C(c1ccc2ncoc2c1)N1CCN(C(=O)C2CSCN2)CC1. The van der Waals surface area contributed by atoms with E-state index in [1.165, 1.54) is 6.39 Å². The molecule has 8 heteroatoms. The highest BCUT2D eigenvalue weighted by Crippen LogP contribution is 2.17. The molecule has 0 bridgehead atoms. The third-order valence-electron chi connectivity index (χ3n) is 4.47. The normalized spacial score (nSPS) is 21.4. The first-order chi connectivity index (χ1) is 11.7. The fourth-order valence-electron chi connectivity index (χ4n) is 3.07. The maximum absolute atomic E-state index is 12.6. The van der Waals surface area contributed by atoms with Crippen molar-refractivity contribution in [3.8, 4) is 0 Å². The number of aromatic nitrogens is 1. The lowest BCUT2D eigenvalue weighted by Gasteiger charge is -2.35. The Hall–Kier alpha value is -2.06. The summed E-state index contributed by atoms with van der Waals surface area (Å²) >= 11 is 1.74. The molecule has 1 unspecified atom stereocenters. The van der Waals surface area contributed by atoms with Gasteiger partial charge in [0.05, 0.1) is 6.04 Å². The quantitative estimate of drug-likeness (QED) is 0.866. The summed E-state index contributed by atoms with van der Waals surface area (Å²) < 4.78 is 5.26. The molecule has 2 aliphatic rings. The van der Waals surface area contributed by atoms with Crippen LogP contribution in [0.15, 0.2) is 29.0 Å². The fraction of sp³-hybridized carbons (Fsp3) is 0.438. The molecular formula is C16H18N4O3S. The number of thioether (sulfide) groups is 1. The van der Waals surface area contributed by atoms with Gasteiger partial charge in [-0.15, -0.1) is 11.8 Å². The fourth-order valence-corrected chi connectivity index (χ4v) is 4.01. The van der Waals surface area contributed by atoms with Crippen LogP contribution in [0.3, 0.4) is 0 Å². The first-order valence-corrected chi connectivity index (χ1v) is 9.10. The van der Waals surface area contributed by atoms with E-state index in [-0.39, 0.29) is 17.9 Å². The van der Waals surface area contributed by atoms with Gasteiger partial charge in [-0.25, -0.2) is 4.98 Å². The van der Waals surface area contributed by atoms with Gasteiger partial charge in [-0.2, -0.15) is 0 Å². The molecule has 0 spiro atoms. The van der Waals surface area contributed by atoms with Crippen molar-refractivity contribution in [1.82, 2.24) is 20.1 Å². The van der Waals surface area contributed by atoms with Gasteiger partial charge in [0, 0.05) is 43.4 Å². The van der Waals surface area contributed by atoms with Crippen LogP contribution in [0, 0.1) is 0 Å². The summed E-state index contributed by atoms with van der Waals surface area (Å²) in [7, 11) is 0. The Morgan fingerprint density at radius 3 is 2.75 bits per heavy atom. The zero-order valence-corrected chi connectivity index (χ0v) is 13.9. The molecule has 2 saturated heterocycles. The molecule has 24 heavy (non-hydrogen) atoms. The Bertz CT molecular complexity index is 764. The molecule has 2 amide bonds. The molecule has 2 aromatic rings. The average molecular weight is 346 g/mol. The van der Waals surface area contributed by atoms with Gasteiger partial charge in [-0.3, -0.25) is 14.9 Å². The molecule has 0 aliphatic carbocycles. The first kappa shape index (κ1) is 15.5. The number of rotatable bonds is 2. The molecule has 2 fully saturated rings. The monoisotopic (exact) mass is 346 g/mol. The van der Waals surface area contributed by atoms with Gasteiger partial charge in [-0.1, -0.05) is 0 Å². The van der Waals surface area contributed by atoms with E-state index in [9.17, 15) is 9.59 Å². The highest BCUT2D eigenvalue weighted by Gasteiger charge is 2.30. The number of hydrogen-bond acceptors (Lipinski definition) is 6. The molecule has 1 aromatic heterocycles. The summed E-state index contributed by atoms with van der Waals surface area (Å²) in [4.78, 5) is 32.7. The van der Waals surface area contributed by atoms with Crippen LogP contribution in [0.25, 0.3) is 11.1 Å². The third-order valence-corrected chi connectivity index (χ3v) is 5.41. The van der Waals surface area contributed by atoms with Gasteiger partial charge in [0.25, 0.3) is 5.91 Å². The first-order valence-electron chi connectivity index (χ1n) is 7.95. The predicted molar refractivity (Wildman–Crippen MR) is 90.7 cm³/mol. The highest BCUT2D eigenvalue weighted by molar-refractivity contribution is 7.99. The van der Waals surface area contributed by atoms with E-state index in [2.05, 4.69) is 10.3 Å². The standard InChI is InChI=1S/C16H18N4O3S/c21-15(11-1-2-12-14(7-11)23-9-17-12)19-3-5-20(6-4-19)16(22)13-8-24-10-18-13/h1-2,7,9,13,18H,3-6,8,10H2. The van der Waals surface area contributed by atoms with Crippen LogP contribution in [0.2, 0.25) is 0 Å². The number of carbonyl (C=O) groups excluding carboxylic acids is 2. The lowest BCUT2D eigenvalue weighted by atomic mass is 10.1. The topological polar surface area (TPSA) is 78.7 Å². The smallest absolute Gasteiger partial charge is 0.254 e. The summed E-state index contributed by atoms with van der Waals surface area (Å²) in [5.74, 6) is 1.78. The summed E-state index contributed by atoms with van der Waals surface area (Å²) in [5.41, 5.74) is 1.94. The summed E-state index contributed by atoms with van der Waals surface area (Å²) in [6, 6.07) is 5.20. The molecule has 0 radical (unpaired) electrons. The Morgan fingerprint density at radius 2 is 2.00 bits per heavy atom. The number of piperazine rings is 1. The number of fused-ring (bicyclic) bond motifs is 1. The van der Waals surface area contributed by atoms with E-state index in [4.69, 9.17) is 4.42 Å². The van der Waals surface area contributed by atoms with Crippen LogP contribution >= 0.6 is 11.8 Å². The molecule has 4 rings (SSSR count). The van der Waals surface area contributed by atoms with Crippen LogP contribution < -0.4 is 5.32 Å². The maximum atomic E-state index is 12.6. The number of nitrogens with one attached hydrogen (secondary N) is 1. The minimum Gasteiger partial charge on any atom is -0.443 e. The molecule has 1 aromatic carbocycles. The van der Waals surface area contributed by atoms with Crippen molar-refractivity contribution in [1.29, 1.82) is 0 Å². The van der Waals surface area contributed by atoms with Crippen molar-refractivity contribution in [2.24, 2.45) is 0 Å². The Labute approximate surface area is 143 Å². The van der Waals surface area contributed by atoms with Crippen LogP contribution in [0.5, 0.6) is 0 Å². The summed E-state index contributed by atoms with van der Waals surface area (Å²) in [5, 5.41) is 3.20. The van der Waals surface area contributed by atoms with Crippen molar-refractivity contribution in [2.75, 3.05) is 37.8 Å². The molecule has 1 atom stereocenters. The average Bonchev–Trinajstić information content (AvgIpc) is 3.31. The molecule has 126 valence electrons. The van der Waals surface area contributed by atoms with Crippen molar-refractivity contribution in [3.63, 3.8) is 0 Å². The van der Waals surface area contributed by atoms with Gasteiger partial charge in [-0.05, 0) is 18.2 Å². The zero-order valence-electron chi connectivity index (χ0n) is 13.1. The summed E-state index contributed by atoms with van der Waals surface area (Å²) in [6.45, 7) is 2.27. The van der Waals surface area contributed by atoms with Gasteiger partial charge in [0.1, 0.15) is 5.52 Å². The minimum atomic E-state index is -0.0777. The molecule has 0 saturated carbocycles. The maximum Gasteiger partial charge on any atom is 0.254 e. The van der Waals surface area contributed by atoms with Gasteiger partial charge >= 0.3 is 0 Å². The van der Waals surface area contributed by atoms with Crippen molar-refractivity contribution in [3.05, 3.63) is 30.2 Å². The van der Waals surface area contributed by atoms with Crippen LogP contribution in [0.1, 0.15) is 10.4 Å². The number of amides is 2. The number of oxazole rings is 1. The molecule has 3 heterocycles. The zero-order chi connectivity index (χ0) is 16.5. The molecular weight excluding hydrogens is 328 g/mol.